The van der Waals surface area contributed by atoms with Crippen LogP contribution in [0.4, 0.5) is 0 Å². The van der Waals surface area contributed by atoms with Crippen molar-refractivity contribution in [3.05, 3.63) is 23.5 Å². The summed E-state index contributed by atoms with van der Waals surface area (Å²) < 4.78 is 74.6. The SMILES string of the molecule is [2H]C([2H])([2H])c1ncc(B(O)O)cc1C([2H])(C([2H])([2H])[2H])C([2H])([2H])[2H]. The summed E-state index contributed by atoms with van der Waals surface area (Å²) >= 11 is 0. The molecule has 1 aromatic rings. The van der Waals surface area contributed by atoms with Crippen LogP contribution in [0.15, 0.2) is 12.3 Å². The zero-order chi connectivity index (χ0) is 18.4. The standard InChI is InChI=1S/C9H14BNO2/c1-6(2)9-4-8(10(12)13)5-11-7(9)3/h4-6,12-13H,1-3H3/i1D3,2D3,3D3,6D. The maximum atomic E-state index is 9.15. The third-order valence-electron chi connectivity index (χ3n) is 1.48. The molecule has 0 atom stereocenters. The third kappa shape index (κ3) is 2.29. The zero-order valence-corrected chi connectivity index (χ0v) is 6.57. The lowest BCUT2D eigenvalue weighted by Crippen LogP contribution is -2.31. The number of rotatable bonds is 2. The minimum atomic E-state index is -3.42. The Morgan fingerprint density at radius 3 is 2.92 bits per heavy atom. The van der Waals surface area contributed by atoms with Gasteiger partial charge in [-0.15, -0.1) is 0 Å². The average molecular weight is 189 g/mol. The summed E-state index contributed by atoms with van der Waals surface area (Å²) in [4.78, 5) is 3.46. The van der Waals surface area contributed by atoms with Gasteiger partial charge in [0.05, 0.1) is 0 Å². The second-order valence-corrected chi connectivity index (χ2v) is 2.41. The molecule has 0 fully saturated rings. The smallest absolute Gasteiger partial charge is 0.423 e. The second kappa shape index (κ2) is 3.90. The van der Waals surface area contributed by atoms with Gasteiger partial charge in [-0.25, -0.2) is 0 Å². The van der Waals surface area contributed by atoms with Gasteiger partial charge >= 0.3 is 7.12 Å². The fraction of sp³-hybridized carbons (Fsp3) is 0.444. The maximum Gasteiger partial charge on any atom is 0.490 e. The number of aromatic nitrogens is 1. The summed E-state index contributed by atoms with van der Waals surface area (Å²) in [7, 11) is -2.13. The fourth-order valence-electron chi connectivity index (χ4n) is 0.813. The van der Waals surface area contributed by atoms with Crippen molar-refractivity contribution in [2.24, 2.45) is 0 Å². The molecule has 0 unspecified atom stereocenters. The molecule has 0 aliphatic heterocycles. The Bertz CT molecular complexity index is 565. The summed E-state index contributed by atoms with van der Waals surface area (Å²) in [6.45, 7) is -9.82. The van der Waals surface area contributed by atoms with Crippen LogP contribution in [0.1, 0.15) is 44.6 Å². The van der Waals surface area contributed by atoms with Crippen molar-refractivity contribution in [3.8, 4) is 0 Å². The van der Waals surface area contributed by atoms with Gasteiger partial charge < -0.3 is 10.0 Å². The maximum absolute atomic E-state index is 9.15. The minimum Gasteiger partial charge on any atom is -0.423 e. The minimum absolute atomic E-state index is 0.418. The Morgan fingerprint density at radius 2 is 2.38 bits per heavy atom. The molecule has 1 heterocycles. The highest BCUT2D eigenvalue weighted by Crippen LogP contribution is 2.15. The molecule has 1 aromatic heterocycles. The second-order valence-electron chi connectivity index (χ2n) is 2.41. The third-order valence-corrected chi connectivity index (χ3v) is 1.48. The van der Waals surface area contributed by atoms with Crippen molar-refractivity contribution < 1.29 is 23.8 Å². The van der Waals surface area contributed by atoms with E-state index in [4.69, 9.17) is 23.8 Å². The summed E-state index contributed by atoms with van der Waals surface area (Å²) in [5.41, 5.74) is -2.22. The summed E-state index contributed by atoms with van der Waals surface area (Å²) in [5.74, 6) is -3.30. The monoisotopic (exact) mass is 189 g/mol. The first-order chi connectivity index (χ1) is 10.0. The predicted octanol–water partition coefficient (Wildman–Crippen LogP) is 0.193. The van der Waals surface area contributed by atoms with Crippen LogP contribution >= 0.6 is 0 Å². The molecule has 13 heavy (non-hydrogen) atoms. The molecule has 0 spiro atoms. The largest absolute Gasteiger partial charge is 0.490 e. The van der Waals surface area contributed by atoms with Crippen LogP contribution in [0.5, 0.6) is 0 Å². The van der Waals surface area contributed by atoms with Gasteiger partial charge in [0, 0.05) is 31.1 Å². The molecule has 0 aromatic carbocycles. The van der Waals surface area contributed by atoms with Crippen LogP contribution in [0.2, 0.25) is 0 Å². The summed E-state index contributed by atoms with van der Waals surface area (Å²) in [5, 5.41) is 18.3. The van der Waals surface area contributed by atoms with E-state index in [1.54, 1.807) is 0 Å². The Hall–Kier alpha value is -0.865. The Kier molecular flexibility index (Phi) is 0.920. The number of hydrogen-bond acceptors (Lipinski definition) is 3. The van der Waals surface area contributed by atoms with Gasteiger partial charge in [0.1, 0.15) is 0 Å². The highest BCUT2D eigenvalue weighted by molar-refractivity contribution is 6.58. The van der Waals surface area contributed by atoms with E-state index < -0.39 is 50.3 Å². The number of pyridine rings is 1. The van der Waals surface area contributed by atoms with Crippen molar-refractivity contribution in [1.29, 1.82) is 0 Å². The van der Waals surface area contributed by atoms with Crippen molar-refractivity contribution in [3.63, 3.8) is 0 Å². The van der Waals surface area contributed by atoms with E-state index in [2.05, 4.69) is 4.98 Å². The molecule has 0 saturated heterocycles. The summed E-state index contributed by atoms with van der Waals surface area (Å²) in [6, 6.07) is 0.672. The lowest BCUT2D eigenvalue weighted by atomic mass is 9.80. The molecule has 4 heteroatoms. The highest BCUT2D eigenvalue weighted by atomic mass is 16.4. The van der Waals surface area contributed by atoms with E-state index in [0.717, 1.165) is 6.20 Å². The number of hydrogen-bond donors (Lipinski definition) is 2. The van der Waals surface area contributed by atoms with Crippen LogP contribution in [-0.2, 0) is 0 Å². The van der Waals surface area contributed by atoms with Gasteiger partial charge in [0.15, 0.2) is 0 Å². The van der Waals surface area contributed by atoms with Gasteiger partial charge in [0.25, 0.3) is 0 Å². The quantitative estimate of drug-likeness (QED) is 0.653. The van der Waals surface area contributed by atoms with Crippen LogP contribution in [0.3, 0.4) is 0 Å². The first kappa shape index (κ1) is 3.07. The zero-order valence-electron chi connectivity index (χ0n) is 16.6. The predicted molar refractivity (Wildman–Crippen MR) is 52.9 cm³/mol. The molecule has 70 valence electrons. The average Bonchev–Trinajstić information content (AvgIpc) is 2.33. The van der Waals surface area contributed by atoms with Crippen LogP contribution in [0, 0.1) is 6.85 Å². The molecule has 0 aliphatic rings. The summed E-state index contributed by atoms with van der Waals surface area (Å²) in [6.07, 6.45) is 0.773. The van der Waals surface area contributed by atoms with E-state index in [1.165, 1.54) is 0 Å². The van der Waals surface area contributed by atoms with E-state index in [0.29, 0.717) is 6.07 Å². The fourth-order valence-corrected chi connectivity index (χ4v) is 0.813. The molecule has 2 N–H and O–H groups in total. The topological polar surface area (TPSA) is 53.4 Å². The van der Waals surface area contributed by atoms with E-state index >= 15 is 0 Å². The molecule has 0 bridgehead atoms. The number of aryl methyl sites for hydroxylation is 1. The molecule has 0 aliphatic carbocycles. The van der Waals surface area contributed by atoms with Gasteiger partial charge in [-0.05, 0) is 18.3 Å². The van der Waals surface area contributed by atoms with Crippen molar-refractivity contribution in [2.45, 2.75) is 26.4 Å². The van der Waals surface area contributed by atoms with Crippen LogP contribution < -0.4 is 5.46 Å². The Balaban J connectivity index is 3.87. The van der Waals surface area contributed by atoms with Gasteiger partial charge in [-0.2, -0.15) is 0 Å². The Morgan fingerprint density at radius 1 is 1.62 bits per heavy atom. The van der Waals surface area contributed by atoms with Crippen LogP contribution in [-0.4, -0.2) is 22.2 Å². The van der Waals surface area contributed by atoms with Crippen molar-refractivity contribution in [1.82, 2.24) is 4.98 Å². The van der Waals surface area contributed by atoms with Gasteiger partial charge in [-0.1, -0.05) is 19.8 Å². The van der Waals surface area contributed by atoms with E-state index in [-0.39, 0.29) is 0 Å². The lowest BCUT2D eigenvalue weighted by molar-refractivity contribution is 0.425. The van der Waals surface area contributed by atoms with E-state index in [9.17, 15) is 0 Å². The molecule has 0 amide bonds. The lowest BCUT2D eigenvalue weighted by Gasteiger charge is -2.10. The highest BCUT2D eigenvalue weighted by Gasteiger charge is 2.14. The van der Waals surface area contributed by atoms with Crippen molar-refractivity contribution in [2.75, 3.05) is 0 Å². The molecular weight excluding hydrogens is 165 g/mol. The molecule has 0 radical (unpaired) electrons. The van der Waals surface area contributed by atoms with Crippen molar-refractivity contribution >= 4 is 12.6 Å². The first-order valence-electron chi connectivity index (χ1n) is 8.40. The Labute approximate surface area is 92.6 Å². The van der Waals surface area contributed by atoms with E-state index in [1.807, 2.05) is 0 Å². The molecule has 1 rings (SSSR count). The molecule has 3 nitrogen and oxygen atoms in total. The number of nitrogens with zero attached hydrogens (tertiary/aromatic N) is 1. The normalized spacial score (nSPS) is 25.7. The van der Waals surface area contributed by atoms with Crippen LogP contribution in [0.25, 0.3) is 0 Å². The molecular formula is C9H14BNO2. The van der Waals surface area contributed by atoms with Gasteiger partial charge in [0.2, 0.25) is 0 Å². The first-order valence-corrected chi connectivity index (χ1v) is 3.40. The van der Waals surface area contributed by atoms with Gasteiger partial charge in [-0.3, -0.25) is 4.98 Å². The molecule has 0 saturated carbocycles.